The Morgan fingerprint density at radius 3 is 2.57 bits per heavy atom. The van der Waals surface area contributed by atoms with Crippen LogP contribution in [0.3, 0.4) is 0 Å². The highest BCUT2D eigenvalue weighted by Gasteiger charge is 2.12. The summed E-state index contributed by atoms with van der Waals surface area (Å²) >= 11 is 6.29. The monoisotopic (exact) mass is 341 g/mol. The van der Waals surface area contributed by atoms with E-state index in [-0.39, 0.29) is 12.3 Å². The minimum absolute atomic E-state index is 0.0883. The lowest BCUT2D eigenvalue weighted by Gasteiger charge is -2.06. The summed E-state index contributed by atoms with van der Waals surface area (Å²) in [6.07, 6.45) is 0. The molecule has 1 heterocycles. The van der Waals surface area contributed by atoms with Crippen molar-refractivity contribution in [2.24, 2.45) is 5.73 Å². The van der Waals surface area contributed by atoms with Gasteiger partial charge in [-0.25, -0.2) is 18.1 Å². The molecule has 0 aliphatic rings. The fourth-order valence-corrected chi connectivity index (χ4v) is 3.72. The molecule has 2 aromatic rings. The van der Waals surface area contributed by atoms with Crippen molar-refractivity contribution in [1.29, 1.82) is 0 Å². The van der Waals surface area contributed by atoms with E-state index in [1.807, 2.05) is 12.3 Å². The van der Waals surface area contributed by atoms with Gasteiger partial charge in [0.05, 0.1) is 12.3 Å². The van der Waals surface area contributed by atoms with Crippen LogP contribution < -0.4 is 10.5 Å². The molecule has 1 aromatic carbocycles. The molecule has 0 atom stereocenters. The highest BCUT2D eigenvalue weighted by molar-refractivity contribution is 7.88. The number of aromatic nitrogens is 1. The van der Waals surface area contributed by atoms with E-state index in [2.05, 4.69) is 9.71 Å². The third kappa shape index (κ3) is 4.85. The first-order chi connectivity index (χ1) is 9.85. The zero-order valence-electron chi connectivity index (χ0n) is 11.4. The number of nitrogens with two attached hydrogens (primary N) is 1. The molecule has 112 valence electrons. The van der Waals surface area contributed by atoms with Crippen molar-refractivity contribution in [3.8, 4) is 0 Å². The molecule has 2 rings (SSSR count). The molecule has 0 fully saturated rings. The normalized spacial score (nSPS) is 11.5. The van der Waals surface area contributed by atoms with Gasteiger partial charge in [0.1, 0.15) is 10.00 Å². The Morgan fingerprint density at radius 1 is 1.38 bits per heavy atom. The predicted octanol–water partition coefficient (Wildman–Crippen LogP) is 1.71. The first-order valence-electron chi connectivity index (χ1n) is 6.13. The largest absolute Gasteiger partial charge is 0.389 e. The zero-order chi connectivity index (χ0) is 15.5. The Labute approximate surface area is 133 Å². The molecule has 21 heavy (non-hydrogen) atoms. The lowest BCUT2D eigenvalue weighted by molar-refractivity contribution is 0.580. The van der Waals surface area contributed by atoms with Gasteiger partial charge in [-0.05, 0) is 12.5 Å². The average Bonchev–Trinajstić information content (AvgIpc) is 2.83. The minimum Gasteiger partial charge on any atom is -0.389 e. The van der Waals surface area contributed by atoms with E-state index in [1.165, 1.54) is 11.3 Å². The Balaban J connectivity index is 1.98. The van der Waals surface area contributed by atoms with Crippen molar-refractivity contribution in [1.82, 2.24) is 9.71 Å². The molecule has 0 radical (unpaired) electrons. The quantitative estimate of drug-likeness (QED) is 0.781. The molecule has 0 aliphatic carbocycles. The molecular weight excluding hydrogens is 326 g/mol. The van der Waals surface area contributed by atoms with E-state index in [1.54, 1.807) is 24.3 Å². The number of benzene rings is 1. The van der Waals surface area contributed by atoms with Crippen LogP contribution in [0.2, 0.25) is 0 Å². The Kier molecular flexibility index (Phi) is 5.04. The SMILES string of the molecule is Cc1csc(CNS(=O)(=O)Cc2ccc(C(N)=S)cc2)n1. The Hall–Kier alpha value is -1.35. The van der Waals surface area contributed by atoms with Crippen molar-refractivity contribution in [2.75, 3.05) is 0 Å². The maximum atomic E-state index is 12.0. The Morgan fingerprint density at radius 2 is 2.05 bits per heavy atom. The molecule has 0 unspecified atom stereocenters. The summed E-state index contributed by atoms with van der Waals surface area (Å²) in [6.45, 7) is 2.09. The van der Waals surface area contributed by atoms with Crippen molar-refractivity contribution in [2.45, 2.75) is 19.2 Å². The number of thiocarbonyl (C=S) groups is 1. The average molecular weight is 341 g/mol. The number of rotatable bonds is 6. The van der Waals surface area contributed by atoms with Gasteiger partial charge in [-0.3, -0.25) is 0 Å². The fraction of sp³-hybridized carbons (Fsp3) is 0.231. The summed E-state index contributed by atoms with van der Waals surface area (Å²) in [4.78, 5) is 4.51. The van der Waals surface area contributed by atoms with E-state index in [9.17, 15) is 8.42 Å². The molecule has 0 saturated heterocycles. The maximum absolute atomic E-state index is 12.0. The first kappa shape index (κ1) is 16.0. The van der Waals surface area contributed by atoms with Gasteiger partial charge in [0.25, 0.3) is 0 Å². The number of aryl methyl sites for hydroxylation is 1. The van der Waals surface area contributed by atoms with Gasteiger partial charge < -0.3 is 5.73 Å². The van der Waals surface area contributed by atoms with Crippen molar-refractivity contribution in [3.05, 3.63) is 51.5 Å². The van der Waals surface area contributed by atoms with Gasteiger partial charge >= 0.3 is 0 Å². The van der Waals surface area contributed by atoms with E-state index >= 15 is 0 Å². The summed E-state index contributed by atoms with van der Waals surface area (Å²) in [5.74, 6) is -0.0883. The highest BCUT2D eigenvalue weighted by Crippen LogP contribution is 2.11. The number of hydrogen-bond acceptors (Lipinski definition) is 5. The van der Waals surface area contributed by atoms with Crippen molar-refractivity contribution >= 4 is 38.6 Å². The summed E-state index contributed by atoms with van der Waals surface area (Å²) in [5.41, 5.74) is 7.79. The lowest BCUT2D eigenvalue weighted by atomic mass is 10.1. The van der Waals surface area contributed by atoms with Gasteiger partial charge in [-0.1, -0.05) is 36.5 Å². The second-order valence-electron chi connectivity index (χ2n) is 4.52. The first-order valence-corrected chi connectivity index (χ1v) is 9.07. The van der Waals surface area contributed by atoms with Crippen LogP contribution in [0.4, 0.5) is 0 Å². The molecule has 3 N–H and O–H groups in total. The molecule has 8 heteroatoms. The van der Waals surface area contributed by atoms with Gasteiger partial charge in [0.2, 0.25) is 10.0 Å². The molecular formula is C13H15N3O2S3. The van der Waals surface area contributed by atoms with Crippen LogP contribution in [0.5, 0.6) is 0 Å². The van der Waals surface area contributed by atoms with Crippen molar-refractivity contribution in [3.63, 3.8) is 0 Å². The maximum Gasteiger partial charge on any atom is 0.216 e. The van der Waals surface area contributed by atoms with Gasteiger partial charge in [-0.15, -0.1) is 11.3 Å². The van der Waals surface area contributed by atoms with Gasteiger partial charge in [-0.2, -0.15) is 0 Å². The summed E-state index contributed by atoms with van der Waals surface area (Å²) in [5, 5.41) is 2.64. The van der Waals surface area contributed by atoms with Crippen LogP contribution in [-0.2, 0) is 22.3 Å². The Bertz CT molecular complexity index is 736. The molecule has 0 bridgehead atoms. The summed E-state index contributed by atoms with van der Waals surface area (Å²) in [7, 11) is -3.40. The lowest BCUT2D eigenvalue weighted by Crippen LogP contribution is -2.24. The van der Waals surface area contributed by atoms with E-state index in [0.717, 1.165) is 16.3 Å². The molecule has 1 aromatic heterocycles. The minimum atomic E-state index is -3.40. The van der Waals surface area contributed by atoms with Gasteiger partial charge in [0.15, 0.2) is 0 Å². The highest BCUT2D eigenvalue weighted by atomic mass is 32.2. The molecule has 0 amide bonds. The third-order valence-corrected chi connectivity index (χ3v) is 5.20. The third-order valence-electron chi connectivity index (χ3n) is 2.71. The fourth-order valence-electron chi connectivity index (χ4n) is 1.69. The van der Waals surface area contributed by atoms with E-state index in [0.29, 0.717) is 10.6 Å². The van der Waals surface area contributed by atoms with Crippen LogP contribution in [0, 0.1) is 6.92 Å². The molecule has 0 saturated carbocycles. The predicted molar refractivity (Wildman–Crippen MR) is 88.6 cm³/mol. The van der Waals surface area contributed by atoms with Gasteiger partial charge in [0, 0.05) is 16.6 Å². The van der Waals surface area contributed by atoms with Crippen LogP contribution in [-0.4, -0.2) is 18.4 Å². The zero-order valence-corrected chi connectivity index (χ0v) is 13.8. The van der Waals surface area contributed by atoms with Crippen LogP contribution in [0.15, 0.2) is 29.6 Å². The topological polar surface area (TPSA) is 85.1 Å². The smallest absolute Gasteiger partial charge is 0.216 e. The summed E-state index contributed by atoms with van der Waals surface area (Å²) in [6, 6.07) is 6.86. The van der Waals surface area contributed by atoms with Crippen LogP contribution in [0.25, 0.3) is 0 Å². The van der Waals surface area contributed by atoms with Crippen molar-refractivity contribution < 1.29 is 8.42 Å². The summed E-state index contributed by atoms with van der Waals surface area (Å²) < 4.78 is 26.6. The standard InChI is InChI=1S/C13H15N3O2S3/c1-9-7-20-12(16-9)6-15-21(17,18)8-10-2-4-11(5-3-10)13(14)19/h2-5,7,15H,6,8H2,1H3,(H2,14,19). The number of hydrogen-bond donors (Lipinski definition) is 2. The van der Waals surface area contributed by atoms with Crippen LogP contribution in [0.1, 0.15) is 21.8 Å². The number of thiazole rings is 1. The second kappa shape index (κ2) is 6.61. The number of nitrogens with zero attached hydrogens (tertiary/aromatic N) is 1. The number of sulfonamides is 1. The molecule has 0 aliphatic heterocycles. The molecule has 5 nitrogen and oxygen atoms in total. The van der Waals surface area contributed by atoms with E-state index < -0.39 is 10.0 Å². The molecule has 0 spiro atoms. The second-order valence-corrected chi connectivity index (χ2v) is 7.71. The van der Waals surface area contributed by atoms with Crippen LogP contribution >= 0.6 is 23.6 Å². The van der Waals surface area contributed by atoms with E-state index in [4.69, 9.17) is 18.0 Å². The number of nitrogens with one attached hydrogen (secondary N) is 1.